The molecule has 0 radical (unpaired) electrons. The van der Waals surface area contributed by atoms with Gasteiger partial charge in [-0.2, -0.15) is 0 Å². The molecule has 0 saturated carbocycles. The van der Waals surface area contributed by atoms with Crippen molar-refractivity contribution in [2.75, 3.05) is 18.4 Å². The van der Waals surface area contributed by atoms with E-state index in [4.69, 9.17) is 4.42 Å². The number of aliphatic hydroxyl groups excluding tert-OH is 1. The molecule has 25 heavy (non-hydrogen) atoms. The predicted octanol–water partition coefficient (Wildman–Crippen LogP) is 3.34. The third-order valence-corrected chi connectivity index (χ3v) is 4.64. The van der Waals surface area contributed by atoms with Crippen molar-refractivity contribution in [3.8, 4) is 0 Å². The maximum Gasteiger partial charge on any atom is 0.225 e. The molecule has 1 aromatic heterocycles. The highest BCUT2D eigenvalue weighted by Gasteiger charge is 2.28. The van der Waals surface area contributed by atoms with Gasteiger partial charge >= 0.3 is 0 Å². The Labute approximate surface area is 146 Å². The van der Waals surface area contributed by atoms with E-state index in [-0.39, 0.29) is 17.6 Å². The number of nitrogens with one attached hydrogen (secondary N) is 1. The lowest BCUT2D eigenvalue weighted by atomic mass is 10.1. The van der Waals surface area contributed by atoms with Crippen LogP contribution in [-0.2, 0) is 4.79 Å². The number of furan rings is 1. The van der Waals surface area contributed by atoms with Gasteiger partial charge in [-0.25, -0.2) is 4.39 Å². The van der Waals surface area contributed by atoms with Gasteiger partial charge in [-0.15, -0.1) is 0 Å². The largest absolute Gasteiger partial charge is 0.467 e. The fourth-order valence-corrected chi connectivity index (χ4v) is 3.33. The van der Waals surface area contributed by atoms with Crippen molar-refractivity contribution in [2.45, 2.75) is 37.8 Å². The zero-order chi connectivity index (χ0) is 17.6. The first-order valence-corrected chi connectivity index (χ1v) is 8.63. The zero-order valence-corrected chi connectivity index (χ0v) is 14.0. The van der Waals surface area contributed by atoms with Gasteiger partial charge in [-0.05, 0) is 50.1 Å². The van der Waals surface area contributed by atoms with Gasteiger partial charge in [0.1, 0.15) is 17.7 Å². The predicted molar refractivity (Wildman–Crippen MR) is 92.5 cm³/mol. The molecule has 2 unspecified atom stereocenters. The number of carbonyl (C=O) groups is 1. The molecule has 1 amide bonds. The summed E-state index contributed by atoms with van der Waals surface area (Å²) >= 11 is 0. The second-order valence-electron chi connectivity index (χ2n) is 6.38. The van der Waals surface area contributed by atoms with Crippen LogP contribution in [-0.4, -0.2) is 35.0 Å². The maximum absolute atomic E-state index is 13.6. The van der Waals surface area contributed by atoms with Gasteiger partial charge in [0.2, 0.25) is 5.91 Å². The summed E-state index contributed by atoms with van der Waals surface area (Å²) in [7, 11) is 0. The van der Waals surface area contributed by atoms with Crippen molar-refractivity contribution in [2.24, 2.45) is 0 Å². The third kappa shape index (κ3) is 4.67. The quantitative estimate of drug-likeness (QED) is 0.807. The van der Waals surface area contributed by atoms with E-state index in [1.807, 2.05) is 0 Å². The Kier molecular flexibility index (Phi) is 5.83. The lowest BCUT2D eigenvalue weighted by molar-refractivity contribution is -0.116. The van der Waals surface area contributed by atoms with E-state index in [0.717, 1.165) is 19.4 Å². The van der Waals surface area contributed by atoms with Gasteiger partial charge in [0.25, 0.3) is 0 Å². The van der Waals surface area contributed by atoms with E-state index in [2.05, 4.69) is 10.2 Å². The van der Waals surface area contributed by atoms with Crippen molar-refractivity contribution in [3.05, 3.63) is 54.2 Å². The molecule has 0 bridgehead atoms. The first kappa shape index (κ1) is 17.6. The summed E-state index contributed by atoms with van der Waals surface area (Å²) in [5.74, 6) is -0.0667. The molecule has 2 heterocycles. The number of halogens is 1. The number of hydrogen-bond donors (Lipinski definition) is 2. The number of carbonyl (C=O) groups excluding carboxylic acids is 1. The Balaban J connectivity index is 1.48. The molecule has 6 heteroatoms. The molecule has 2 aromatic rings. The summed E-state index contributed by atoms with van der Waals surface area (Å²) in [6.07, 6.45) is 3.84. The number of amides is 1. The van der Waals surface area contributed by atoms with E-state index in [9.17, 15) is 14.3 Å². The van der Waals surface area contributed by atoms with Gasteiger partial charge in [0, 0.05) is 19.0 Å². The van der Waals surface area contributed by atoms with Crippen molar-refractivity contribution in [1.29, 1.82) is 0 Å². The third-order valence-electron chi connectivity index (χ3n) is 4.64. The number of aliphatic hydroxyl groups is 1. The second-order valence-corrected chi connectivity index (χ2v) is 6.38. The van der Waals surface area contributed by atoms with Crippen molar-refractivity contribution in [1.82, 2.24) is 4.90 Å². The molecule has 2 atom stereocenters. The highest BCUT2D eigenvalue weighted by molar-refractivity contribution is 5.90. The van der Waals surface area contributed by atoms with Crippen LogP contribution in [0.25, 0.3) is 0 Å². The highest BCUT2D eigenvalue weighted by atomic mass is 19.1. The summed E-state index contributed by atoms with van der Waals surface area (Å²) in [6, 6.07) is 9.90. The molecule has 1 saturated heterocycles. The standard InChI is InChI=1S/C19H23FN2O3/c20-15-6-1-2-7-16(15)21-19(24)9-11-22-10-3-5-14(22)13-17(23)18-8-4-12-25-18/h1-2,4,6-8,12,14,17,23H,3,5,9-11,13H2,(H,21,24). The number of para-hydroxylation sites is 1. The number of likely N-dealkylation sites (tertiary alicyclic amines) is 1. The van der Waals surface area contributed by atoms with Crippen LogP contribution in [0.2, 0.25) is 0 Å². The lowest BCUT2D eigenvalue weighted by Crippen LogP contribution is -2.33. The molecule has 0 aliphatic carbocycles. The van der Waals surface area contributed by atoms with Crippen molar-refractivity contribution >= 4 is 11.6 Å². The van der Waals surface area contributed by atoms with Crippen LogP contribution >= 0.6 is 0 Å². The van der Waals surface area contributed by atoms with Crippen LogP contribution in [0.3, 0.4) is 0 Å². The molecule has 1 fully saturated rings. The van der Waals surface area contributed by atoms with Gasteiger partial charge in [-0.1, -0.05) is 12.1 Å². The molecular formula is C19H23FN2O3. The van der Waals surface area contributed by atoms with Crippen molar-refractivity contribution < 1.29 is 18.7 Å². The van der Waals surface area contributed by atoms with E-state index in [0.29, 0.717) is 25.1 Å². The number of hydrogen-bond acceptors (Lipinski definition) is 4. The first-order valence-electron chi connectivity index (χ1n) is 8.63. The topological polar surface area (TPSA) is 65.7 Å². The lowest BCUT2D eigenvalue weighted by Gasteiger charge is -2.25. The summed E-state index contributed by atoms with van der Waals surface area (Å²) in [5.41, 5.74) is 0.207. The van der Waals surface area contributed by atoms with Crippen LogP contribution in [0.15, 0.2) is 47.1 Å². The van der Waals surface area contributed by atoms with E-state index in [1.54, 1.807) is 36.6 Å². The Hall–Kier alpha value is -2.18. The second kappa shape index (κ2) is 8.27. The average Bonchev–Trinajstić information content (AvgIpc) is 3.27. The van der Waals surface area contributed by atoms with Gasteiger partial charge in [-0.3, -0.25) is 9.69 Å². The molecule has 2 N–H and O–H groups in total. The summed E-state index contributed by atoms with van der Waals surface area (Å²) in [4.78, 5) is 14.3. The summed E-state index contributed by atoms with van der Waals surface area (Å²) in [6.45, 7) is 1.50. The van der Waals surface area contributed by atoms with E-state index < -0.39 is 11.9 Å². The number of rotatable bonds is 7. The Bertz CT molecular complexity index is 690. The maximum atomic E-state index is 13.6. The van der Waals surface area contributed by atoms with Crippen LogP contribution in [0.1, 0.15) is 37.5 Å². The van der Waals surface area contributed by atoms with Crippen LogP contribution in [0.5, 0.6) is 0 Å². The molecule has 5 nitrogen and oxygen atoms in total. The number of benzene rings is 1. The average molecular weight is 346 g/mol. The smallest absolute Gasteiger partial charge is 0.225 e. The minimum Gasteiger partial charge on any atom is -0.467 e. The van der Waals surface area contributed by atoms with Crippen molar-refractivity contribution in [3.63, 3.8) is 0 Å². The Morgan fingerprint density at radius 2 is 2.20 bits per heavy atom. The number of anilines is 1. The monoisotopic (exact) mass is 346 g/mol. The van der Waals surface area contributed by atoms with Gasteiger partial charge in [0.05, 0.1) is 12.0 Å². The molecule has 134 valence electrons. The minimum absolute atomic E-state index is 0.206. The Morgan fingerprint density at radius 1 is 1.36 bits per heavy atom. The SMILES string of the molecule is O=C(CCN1CCCC1CC(O)c1ccco1)Nc1ccccc1F. The molecule has 0 spiro atoms. The van der Waals surface area contributed by atoms with E-state index in [1.165, 1.54) is 6.07 Å². The molecular weight excluding hydrogens is 323 g/mol. The fraction of sp³-hybridized carbons (Fsp3) is 0.421. The molecule has 1 aliphatic heterocycles. The van der Waals surface area contributed by atoms with Crippen LogP contribution in [0.4, 0.5) is 10.1 Å². The fourth-order valence-electron chi connectivity index (χ4n) is 3.33. The van der Waals surface area contributed by atoms with Crippen LogP contribution < -0.4 is 5.32 Å². The molecule has 1 aromatic carbocycles. The highest BCUT2D eigenvalue weighted by Crippen LogP contribution is 2.27. The normalized spacial score (nSPS) is 19.0. The minimum atomic E-state index is -0.632. The van der Waals surface area contributed by atoms with E-state index >= 15 is 0 Å². The zero-order valence-electron chi connectivity index (χ0n) is 14.0. The molecule has 1 aliphatic rings. The summed E-state index contributed by atoms with van der Waals surface area (Å²) < 4.78 is 18.8. The van der Waals surface area contributed by atoms with Gasteiger partial charge in [0.15, 0.2) is 0 Å². The van der Waals surface area contributed by atoms with Crippen LogP contribution in [0, 0.1) is 5.82 Å². The summed E-state index contributed by atoms with van der Waals surface area (Å²) in [5, 5.41) is 12.9. The molecule has 3 rings (SSSR count). The number of nitrogens with zero attached hydrogens (tertiary/aromatic N) is 1. The van der Waals surface area contributed by atoms with Gasteiger partial charge < -0.3 is 14.8 Å². The Morgan fingerprint density at radius 3 is 2.96 bits per heavy atom. The first-order chi connectivity index (χ1) is 12.1.